The van der Waals surface area contributed by atoms with E-state index >= 15 is 0 Å². The molecule has 1 aromatic carbocycles. The van der Waals surface area contributed by atoms with Crippen molar-refractivity contribution in [3.05, 3.63) is 53.5 Å². The Balaban J connectivity index is 2.13. The molecule has 0 spiro atoms. The summed E-state index contributed by atoms with van der Waals surface area (Å²) in [6.07, 6.45) is 1.40. The van der Waals surface area contributed by atoms with Gasteiger partial charge in [-0.25, -0.2) is 0 Å². The fourth-order valence-corrected chi connectivity index (χ4v) is 2.12. The van der Waals surface area contributed by atoms with Crippen molar-refractivity contribution in [3.8, 4) is 0 Å². The van der Waals surface area contributed by atoms with Gasteiger partial charge in [-0.15, -0.1) is 0 Å². The fraction of sp³-hybridized carbons (Fsp3) is 0.278. The molecule has 0 fully saturated rings. The van der Waals surface area contributed by atoms with Crippen LogP contribution in [0.4, 0.5) is 5.69 Å². The third-order valence-corrected chi connectivity index (χ3v) is 3.99. The molecule has 2 aromatic rings. The van der Waals surface area contributed by atoms with Crippen molar-refractivity contribution >= 4 is 23.5 Å². The second-order valence-corrected chi connectivity index (χ2v) is 5.85. The van der Waals surface area contributed by atoms with Gasteiger partial charge in [0.05, 0.1) is 12.2 Å². The summed E-state index contributed by atoms with van der Waals surface area (Å²) < 4.78 is 5.04. The number of hydrogen-bond donors (Lipinski definition) is 3. The summed E-state index contributed by atoms with van der Waals surface area (Å²) >= 11 is 0. The van der Waals surface area contributed by atoms with Gasteiger partial charge in [-0.2, -0.15) is 0 Å². The number of aliphatic carboxylic acids is 1. The number of carboxylic acids is 1. The minimum absolute atomic E-state index is 0.165. The van der Waals surface area contributed by atoms with Gasteiger partial charge in [0.25, 0.3) is 11.8 Å². The van der Waals surface area contributed by atoms with Crippen molar-refractivity contribution < 1.29 is 23.9 Å². The van der Waals surface area contributed by atoms with Gasteiger partial charge in [0.15, 0.2) is 5.76 Å². The van der Waals surface area contributed by atoms with Crippen LogP contribution < -0.4 is 10.6 Å². The van der Waals surface area contributed by atoms with Crippen LogP contribution in [0.15, 0.2) is 41.0 Å². The number of carboxylic acid groups (broad SMARTS) is 1. The third kappa shape index (κ3) is 4.47. The number of benzene rings is 1. The standard InChI is InChI=1S/C18H20N2O5/c1-10-6-7-13(16(21)19-12(3)11(2)18(23)24)9-14(10)20-17(22)15-5-4-8-25-15/h4-9,11-12H,1-3H3,(H,19,21)(H,20,22)(H,23,24). The summed E-state index contributed by atoms with van der Waals surface area (Å²) in [5.41, 5.74) is 1.58. The Bertz CT molecular complexity index is 783. The van der Waals surface area contributed by atoms with Gasteiger partial charge in [0.1, 0.15) is 0 Å². The largest absolute Gasteiger partial charge is 0.481 e. The van der Waals surface area contributed by atoms with Crippen molar-refractivity contribution in [1.29, 1.82) is 0 Å². The molecule has 2 unspecified atom stereocenters. The molecule has 132 valence electrons. The van der Waals surface area contributed by atoms with E-state index in [-0.39, 0.29) is 5.76 Å². The molecule has 1 aromatic heterocycles. The number of amides is 2. The van der Waals surface area contributed by atoms with Crippen LogP contribution in [0.2, 0.25) is 0 Å². The minimum atomic E-state index is -0.983. The average molecular weight is 344 g/mol. The molecule has 2 rings (SSSR count). The Morgan fingerprint density at radius 1 is 1.12 bits per heavy atom. The first-order chi connectivity index (χ1) is 11.8. The highest BCUT2D eigenvalue weighted by molar-refractivity contribution is 6.04. The van der Waals surface area contributed by atoms with Crippen molar-refractivity contribution in [2.24, 2.45) is 5.92 Å². The lowest BCUT2D eigenvalue weighted by molar-refractivity contribution is -0.141. The molecule has 3 N–H and O–H groups in total. The highest BCUT2D eigenvalue weighted by Gasteiger charge is 2.22. The second-order valence-electron chi connectivity index (χ2n) is 5.85. The first kappa shape index (κ1) is 18.3. The maximum absolute atomic E-state index is 12.3. The van der Waals surface area contributed by atoms with E-state index in [0.717, 1.165) is 5.56 Å². The third-order valence-electron chi connectivity index (χ3n) is 3.99. The van der Waals surface area contributed by atoms with E-state index in [1.54, 1.807) is 38.1 Å². The Kier molecular flexibility index (Phi) is 5.59. The number of rotatable bonds is 6. The molecule has 2 amide bonds. The van der Waals surface area contributed by atoms with E-state index in [1.165, 1.54) is 19.3 Å². The number of anilines is 1. The van der Waals surface area contributed by atoms with Crippen LogP contribution in [0, 0.1) is 12.8 Å². The zero-order valence-electron chi connectivity index (χ0n) is 14.2. The van der Waals surface area contributed by atoms with Gasteiger partial charge in [0.2, 0.25) is 0 Å². The lowest BCUT2D eigenvalue weighted by Gasteiger charge is -2.18. The SMILES string of the molecule is Cc1ccc(C(=O)NC(C)C(C)C(=O)O)cc1NC(=O)c1ccco1. The predicted octanol–water partition coefficient (Wildman–Crippen LogP) is 2.68. The summed E-state index contributed by atoms with van der Waals surface area (Å²) in [6.45, 7) is 4.95. The topological polar surface area (TPSA) is 109 Å². The Morgan fingerprint density at radius 2 is 1.84 bits per heavy atom. The first-order valence-electron chi connectivity index (χ1n) is 7.78. The predicted molar refractivity (Wildman–Crippen MR) is 91.6 cm³/mol. The average Bonchev–Trinajstić information content (AvgIpc) is 3.10. The van der Waals surface area contributed by atoms with Crippen molar-refractivity contribution in [2.45, 2.75) is 26.8 Å². The van der Waals surface area contributed by atoms with E-state index < -0.39 is 29.7 Å². The van der Waals surface area contributed by atoms with Crippen LogP contribution in [0.5, 0.6) is 0 Å². The zero-order valence-corrected chi connectivity index (χ0v) is 14.2. The molecular formula is C18H20N2O5. The molecule has 7 heteroatoms. The lowest BCUT2D eigenvalue weighted by Crippen LogP contribution is -2.40. The summed E-state index contributed by atoms with van der Waals surface area (Å²) in [6, 6.07) is 7.48. The Hall–Kier alpha value is -3.09. The highest BCUT2D eigenvalue weighted by atomic mass is 16.4. The molecule has 0 radical (unpaired) electrons. The van der Waals surface area contributed by atoms with Crippen molar-refractivity contribution in [3.63, 3.8) is 0 Å². The lowest BCUT2D eigenvalue weighted by atomic mass is 10.0. The van der Waals surface area contributed by atoms with Crippen LogP contribution in [0.3, 0.4) is 0 Å². The van der Waals surface area contributed by atoms with Gasteiger partial charge in [-0.3, -0.25) is 14.4 Å². The summed E-state index contributed by atoms with van der Waals surface area (Å²) in [4.78, 5) is 35.4. The van der Waals surface area contributed by atoms with Crippen LogP contribution in [-0.4, -0.2) is 28.9 Å². The number of aryl methyl sites for hydroxylation is 1. The Morgan fingerprint density at radius 3 is 2.44 bits per heavy atom. The van der Waals surface area contributed by atoms with Gasteiger partial charge in [-0.05, 0) is 50.6 Å². The van der Waals surface area contributed by atoms with Crippen LogP contribution in [0.1, 0.15) is 40.3 Å². The van der Waals surface area contributed by atoms with E-state index in [2.05, 4.69) is 10.6 Å². The van der Waals surface area contributed by atoms with Crippen molar-refractivity contribution in [2.75, 3.05) is 5.32 Å². The molecule has 0 saturated heterocycles. The molecular weight excluding hydrogens is 324 g/mol. The molecule has 0 aliphatic rings. The van der Waals surface area contributed by atoms with Crippen LogP contribution >= 0.6 is 0 Å². The molecule has 0 bridgehead atoms. The van der Waals surface area contributed by atoms with E-state index in [4.69, 9.17) is 9.52 Å². The fourth-order valence-electron chi connectivity index (χ4n) is 2.12. The molecule has 7 nitrogen and oxygen atoms in total. The second kappa shape index (κ2) is 7.65. The summed E-state index contributed by atoms with van der Waals surface area (Å²) in [5, 5.41) is 14.3. The Labute approximate surface area is 145 Å². The molecule has 2 atom stereocenters. The molecule has 1 heterocycles. The number of nitrogens with one attached hydrogen (secondary N) is 2. The normalized spacial score (nSPS) is 12.9. The molecule has 0 aliphatic heterocycles. The zero-order chi connectivity index (χ0) is 18.6. The number of hydrogen-bond acceptors (Lipinski definition) is 4. The maximum atomic E-state index is 12.3. The van der Waals surface area contributed by atoms with Crippen molar-refractivity contribution in [1.82, 2.24) is 5.32 Å². The molecule has 0 aliphatic carbocycles. The monoisotopic (exact) mass is 344 g/mol. The van der Waals surface area contributed by atoms with Crippen LogP contribution in [0.25, 0.3) is 0 Å². The number of carbonyl (C=O) groups is 3. The van der Waals surface area contributed by atoms with Gasteiger partial charge < -0.3 is 20.2 Å². The summed E-state index contributed by atoms with van der Waals surface area (Å²) in [7, 11) is 0. The van der Waals surface area contributed by atoms with Gasteiger partial charge in [0, 0.05) is 17.3 Å². The molecule has 25 heavy (non-hydrogen) atoms. The summed E-state index contributed by atoms with van der Waals surface area (Å²) in [5.74, 6) is -2.36. The van der Waals surface area contributed by atoms with E-state index in [0.29, 0.717) is 11.3 Å². The first-order valence-corrected chi connectivity index (χ1v) is 7.78. The van der Waals surface area contributed by atoms with E-state index in [9.17, 15) is 14.4 Å². The molecule has 0 saturated carbocycles. The van der Waals surface area contributed by atoms with Gasteiger partial charge >= 0.3 is 5.97 Å². The number of carbonyl (C=O) groups excluding carboxylic acids is 2. The smallest absolute Gasteiger partial charge is 0.308 e. The minimum Gasteiger partial charge on any atom is -0.481 e. The quantitative estimate of drug-likeness (QED) is 0.746. The number of furan rings is 1. The maximum Gasteiger partial charge on any atom is 0.308 e. The van der Waals surface area contributed by atoms with Gasteiger partial charge in [-0.1, -0.05) is 6.07 Å². The van der Waals surface area contributed by atoms with E-state index in [1.807, 2.05) is 0 Å². The highest BCUT2D eigenvalue weighted by Crippen LogP contribution is 2.18. The van der Waals surface area contributed by atoms with Crippen LogP contribution in [-0.2, 0) is 4.79 Å².